The van der Waals surface area contributed by atoms with Crippen molar-refractivity contribution in [2.24, 2.45) is 0 Å². The number of benzene rings is 1. The average Bonchev–Trinajstić information content (AvgIpc) is 2.24. The van der Waals surface area contributed by atoms with Gasteiger partial charge in [0.05, 0.1) is 6.10 Å². The highest BCUT2D eigenvalue weighted by atomic mass is 35.5. The van der Waals surface area contributed by atoms with Crippen LogP contribution in [0.15, 0.2) is 24.3 Å². The summed E-state index contributed by atoms with van der Waals surface area (Å²) in [6.45, 7) is 2.24. The molecule has 1 atom stereocenters. The first-order valence-electron chi connectivity index (χ1n) is 5.30. The zero-order valence-corrected chi connectivity index (χ0v) is 10.9. The molecule has 0 fully saturated rings. The van der Waals surface area contributed by atoms with Crippen molar-refractivity contribution < 1.29 is 9.90 Å². The molecule has 0 heterocycles. The van der Waals surface area contributed by atoms with Gasteiger partial charge in [0.15, 0.2) is 0 Å². The smallest absolute Gasteiger partial charge is 0.253 e. The van der Waals surface area contributed by atoms with Gasteiger partial charge in [-0.25, -0.2) is 0 Å². The van der Waals surface area contributed by atoms with Crippen molar-refractivity contribution in [1.82, 2.24) is 4.90 Å². The fraction of sp³-hybridized carbons (Fsp3) is 0.417. The standard InChI is InChI=1S/C12H18N2O2.ClH/c1-9(15)6-7-14(2)12(16)10-4-3-5-11(13)8-10;/h3-5,8-9,15H,6-7,13H2,1-2H3;1H. The zero-order chi connectivity index (χ0) is 12.1. The molecule has 1 aromatic rings. The summed E-state index contributed by atoms with van der Waals surface area (Å²) in [7, 11) is 1.72. The van der Waals surface area contributed by atoms with Crippen molar-refractivity contribution in [3.63, 3.8) is 0 Å². The molecule has 0 saturated heterocycles. The molecule has 17 heavy (non-hydrogen) atoms. The quantitative estimate of drug-likeness (QED) is 0.805. The van der Waals surface area contributed by atoms with Gasteiger partial charge < -0.3 is 15.7 Å². The number of anilines is 1. The number of carbonyl (C=O) groups is 1. The van der Waals surface area contributed by atoms with Crippen LogP contribution in [0.2, 0.25) is 0 Å². The van der Waals surface area contributed by atoms with E-state index in [1.165, 1.54) is 0 Å². The number of amides is 1. The van der Waals surface area contributed by atoms with Crippen molar-refractivity contribution in [3.05, 3.63) is 29.8 Å². The maximum atomic E-state index is 11.9. The third kappa shape index (κ3) is 5.06. The average molecular weight is 259 g/mol. The number of hydrogen-bond donors (Lipinski definition) is 2. The summed E-state index contributed by atoms with van der Waals surface area (Å²) in [5.41, 5.74) is 6.76. The molecule has 0 radical (unpaired) electrons. The molecule has 1 aromatic carbocycles. The van der Waals surface area contributed by atoms with E-state index >= 15 is 0 Å². The summed E-state index contributed by atoms with van der Waals surface area (Å²) in [6.07, 6.45) is 0.181. The van der Waals surface area contributed by atoms with Gasteiger partial charge in [0.2, 0.25) is 0 Å². The molecule has 1 amide bonds. The lowest BCUT2D eigenvalue weighted by atomic mass is 10.1. The Bertz CT molecular complexity index is 369. The molecular formula is C12H19ClN2O2. The Kier molecular flexibility index (Phi) is 6.61. The predicted molar refractivity (Wildman–Crippen MR) is 71.4 cm³/mol. The van der Waals surface area contributed by atoms with Crippen molar-refractivity contribution in [1.29, 1.82) is 0 Å². The molecule has 0 spiro atoms. The van der Waals surface area contributed by atoms with Crippen LogP contribution < -0.4 is 5.73 Å². The highest BCUT2D eigenvalue weighted by Gasteiger charge is 2.11. The van der Waals surface area contributed by atoms with Crippen LogP contribution in [-0.4, -0.2) is 35.6 Å². The van der Waals surface area contributed by atoms with Gasteiger partial charge in [-0.05, 0) is 31.5 Å². The molecule has 0 bridgehead atoms. The van der Waals surface area contributed by atoms with Crippen LogP contribution in [-0.2, 0) is 0 Å². The van der Waals surface area contributed by atoms with Crippen molar-refractivity contribution in [3.8, 4) is 0 Å². The SMILES string of the molecule is CC(O)CCN(C)C(=O)c1cccc(N)c1.Cl. The number of aliphatic hydroxyl groups excluding tert-OH is 1. The lowest BCUT2D eigenvalue weighted by Crippen LogP contribution is -2.29. The molecule has 0 aromatic heterocycles. The van der Waals surface area contributed by atoms with E-state index in [0.29, 0.717) is 24.2 Å². The van der Waals surface area contributed by atoms with Gasteiger partial charge in [-0.2, -0.15) is 0 Å². The number of rotatable bonds is 4. The summed E-state index contributed by atoms with van der Waals surface area (Å²) < 4.78 is 0. The van der Waals surface area contributed by atoms with Crippen LogP contribution in [0.3, 0.4) is 0 Å². The van der Waals surface area contributed by atoms with Crippen LogP contribution in [0.25, 0.3) is 0 Å². The van der Waals surface area contributed by atoms with Gasteiger partial charge in [0.1, 0.15) is 0 Å². The van der Waals surface area contributed by atoms with Crippen LogP contribution in [0.5, 0.6) is 0 Å². The van der Waals surface area contributed by atoms with Crippen LogP contribution in [0, 0.1) is 0 Å². The highest BCUT2D eigenvalue weighted by Crippen LogP contribution is 2.09. The van der Waals surface area contributed by atoms with Gasteiger partial charge in [-0.1, -0.05) is 6.07 Å². The Labute approximate surface area is 108 Å². The fourth-order valence-electron chi connectivity index (χ4n) is 1.37. The number of nitrogens with two attached hydrogens (primary N) is 1. The maximum absolute atomic E-state index is 11.9. The predicted octanol–water partition coefficient (Wildman–Crippen LogP) is 1.53. The van der Waals surface area contributed by atoms with E-state index in [1.807, 2.05) is 0 Å². The minimum absolute atomic E-state index is 0. The molecule has 1 unspecified atom stereocenters. The summed E-state index contributed by atoms with van der Waals surface area (Å²) in [6, 6.07) is 6.89. The van der Waals surface area contributed by atoms with Gasteiger partial charge in [0, 0.05) is 24.8 Å². The monoisotopic (exact) mass is 258 g/mol. The van der Waals surface area contributed by atoms with E-state index in [1.54, 1.807) is 43.1 Å². The second kappa shape index (κ2) is 7.14. The molecule has 0 saturated carbocycles. The topological polar surface area (TPSA) is 66.6 Å². The first-order valence-corrected chi connectivity index (χ1v) is 5.30. The highest BCUT2D eigenvalue weighted by molar-refractivity contribution is 5.94. The number of nitrogens with zero attached hydrogens (tertiary/aromatic N) is 1. The molecule has 0 aliphatic rings. The van der Waals surface area contributed by atoms with E-state index in [2.05, 4.69) is 0 Å². The fourth-order valence-corrected chi connectivity index (χ4v) is 1.37. The lowest BCUT2D eigenvalue weighted by Gasteiger charge is -2.18. The van der Waals surface area contributed by atoms with Gasteiger partial charge in [0.25, 0.3) is 5.91 Å². The minimum atomic E-state index is -0.393. The summed E-state index contributed by atoms with van der Waals surface area (Å²) in [4.78, 5) is 13.5. The first-order chi connectivity index (χ1) is 7.50. The summed E-state index contributed by atoms with van der Waals surface area (Å²) in [5, 5.41) is 9.14. The third-order valence-electron chi connectivity index (χ3n) is 2.36. The Morgan fingerprint density at radius 1 is 1.53 bits per heavy atom. The second-order valence-electron chi connectivity index (χ2n) is 3.99. The number of aliphatic hydroxyl groups is 1. The van der Waals surface area contributed by atoms with Crippen molar-refractivity contribution >= 4 is 24.0 Å². The van der Waals surface area contributed by atoms with Crippen molar-refractivity contribution in [2.75, 3.05) is 19.3 Å². The summed E-state index contributed by atoms with van der Waals surface area (Å²) in [5.74, 6) is -0.0760. The van der Waals surface area contributed by atoms with E-state index < -0.39 is 6.10 Å². The van der Waals surface area contributed by atoms with E-state index in [0.717, 1.165) is 0 Å². The Hall–Kier alpha value is -1.26. The first kappa shape index (κ1) is 15.7. The molecular weight excluding hydrogens is 240 g/mol. The second-order valence-corrected chi connectivity index (χ2v) is 3.99. The zero-order valence-electron chi connectivity index (χ0n) is 10.1. The van der Waals surface area contributed by atoms with E-state index in [9.17, 15) is 4.79 Å². The summed E-state index contributed by atoms with van der Waals surface area (Å²) >= 11 is 0. The van der Waals surface area contributed by atoms with Crippen LogP contribution >= 0.6 is 12.4 Å². The molecule has 0 aliphatic heterocycles. The number of carbonyl (C=O) groups excluding carboxylic acids is 1. The lowest BCUT2D eigenvalue weighted by molar-refractivity contribution is 0.0769. The normalized spacial score (nSPS) is 11.5. The molecule has 96 valence electrons. The molecule has 0 aliphatic carbocycles. The molecule has 5 heteroatoms. The molecule has 4 nitrogen and oxygen atoms in total. The van der Waals surface area contributed by atoms with Gasteiger partial charge in [-0.3, -0.25) is 4.79 Å². The van der Waals surface area contributed by atoms with E-state index in [-0.39, 0.29) is 18.3 Å². The number of nitrogen functional groups attached to an aromatic ring is 1. The largest absolute Gasteiger partial charge is 0.399 e. The Balaban J connectivity index is 0.00000256. The number of hydrogen-bond acceptors (Lipinski definition) is 3. The van der Waals surface area contributed by atoms with Gasteiger partial charge in [-0.15, -0.1) is 12.4 Å². The molecule has 3 N–H and O–H groups in total. The Morgan fingerprint density at radius 2 is 2.18 bits per heavy atom. The van der Waals surface area contributed by atoms with Crippen molar-refractivity contribution in [2.45, 2.75) is 19.4 Å². The van der Waals surface area contributed by atoms with Crippen LogP contribution in [0.4, 0.5) is 5.69 Å². The molecule has 1 rings (SSSR count). The van der Waals surface area contributed by atoms with E-state index in [4.69, 9.17) is 10.8 Å². The van der Waals surface area contributed by atoms with Crippen LogP contribution in [0.1, 0.15) is 23.7 Å². The Morgan fingerprint density at radius 3 is 2.71 bits per heavy atom. The minimum Gasteiger partial charge on any atom is -0.399 e. The number of halogens is 1. The third-order valence-corrected chi connectivity index (χ3v) is 2.36. The maximum Gasteiger partial charge on any atom is 0.253 e. The van der Waals surface area contributed by atoms with Gasteiger partial charge >= 0.3 is 0 Å².